The number of fused-ring (bicyclic) bond motifs is 2. The van der Waals surface area contributed by atoms with Crippen molar-refractivity contribution in [1.29, 1.82) is 0 Å². The summed E-state index contributed by atoms with van der Waals surface area (Å²) in [6.45, 7) is 4.24. The summed E-state index contributed by atoms with van der Waals surface area (Å²) in [7, 11) is 0. The minimum Gasteiger partial charge on any atom is -0.454 e. The second kappa shape index (κ2) is 5.97. The highest BCUT2D eigenvalue weighted by Crippen LogP contribution is 2.36. The maximum absolute atomic E-state index is 12.7. The van der Waals surface area contributed by atoms with Gasteiger partial charge in [-0.25, -0.2) is 9.50 Å². The molecule has 1 fully saturated rings. The van der Waals surface area contributed by atoms with E-state index in [2.05, 4.69) is 17.3 Å². The summed E-state index contributed by atoms with van der Waals surface area (Å²) in [5.41, 5.74) is 3.63. The number of nitrogens with one attached hydrogen (secondary N) is 1. The van der Waals surface area contributed by atoms with Crippen LogP contribution in [0.4, 0.5) is 0 Å². The first-order valence-corrected chi connectivity index (χ1v) is 9.16. The molecule has 1 atom stereocenters. The molecule has 0 unspecified atom stereocenters. The van der Waals surface area contributed by atoms with Gasteiger partial charge in [-0.05, 0) is 56.9 Å². The predicted molar refractivity (Wildman–Crippen MR) is 98.9 cm³/mol. The normalized spacial score (nSPS) is 16.5. The zero-order chi connectivity index (χ0) is 18.5. The Bertz CT molecular complexity index is 1050. The van der Waals surface area contributed by atoms with Crippen molar-refractivity contribution in [2.24, 2.45) is 5.92 Å². The van der Waals surface area contributed by atoms with E-state index in [1.807, 2.05) is 31.2 Å². The summed E-state index contributed by atoms with van der Waals surface area (Å²) in [5.74, 6) is 1.90. The molecule has 0 radical (unpaired) electrons. The third kappa shape index (κ3) is 2.79. The van der Waals surface area contributed by atoms with E-state index in [1.165, 1.54) is 12.8 Å². The molecule has 27 heavy (non-hydrogen) atoms. The van der Waals surface area contributed by atoms with Crippen LogP contribution in [0.1, 0.15) is 35.8 Å². The Morgan fingerprint density at radius 3 is 2.89 bits per heavy atom. The van der Waals surface area contributed by atoms with Crippen LogP contribution in [-0.4, -0.2) is 33.3 Å². The second-order valence-electron chi connectivity index (χ2n) is 7.24. The molecule has 7 heteroatoms. The number of hydrogen-bond acceptors (Lipinski definition) is 5. The topological polar surface area (TPSA) is 77.8 Å². The fourth-order valence-electron chi connectivity index (χ4n) is 3.48. The van der Waals surface area contributed by atoms with Crippen molar-refractivity contribution in [3.05, 3.63) is 41.7 Å². The highest BCUT2D eigenvalue weighted by molar-refractivity contribution is 6.00. The maximum Gasteiger partial charge on any atom is 0.256 e. The summed E-state index contributed by atoms with van der Waals surface area (Å²) >= 11 is 0. The van der Waals surface area contributed by atoms with Crippen molar-refractivity contribution in [2.75, 3.05) is 6.79 Å². The van der Waals surface area contributed by atoms with E-state index < -0.39 is 0 Å². The molecule has 3 aromatic rings. The van der Waals surface area contributed by atoms with Crippen molar-refractivity contribution in [3.8, 4) is 22.8 Å². The molecular formula is C20H20N4O3. The molecule has 3 heterocycles. The van der Waals surface area contributed by atoms with Crippen LogP contribution in [0.15, 0.2) is 30.5 Å². The van der Waals surface area contributed by atoms with E-state index in [1.54, 1.807) is 10.7 Å². The van der Waals surface area contributed by atoms with Crippen molar-refractivity contribution in [1.82, 2.24) is 19.9 Å². The molecule has 0 spiro atoms. The van der Waals surface area contributed by atoms with E-state index in [9.17, 15) is 4.79 Å². The predicted octanol–water partition coefficient (Wildman–Crippen LogP) is 2.96. The van der Waals surface area contributed by atoms with Crippen LogP contribution in [0, 0.1) is 12.8 Å². The Morgan fingerprint density at radius 1 is 1.26 bits per heavy atom. The van der Waals surface area contributed by atoms with E-state index in [0.29, 0.717) is 22.9 Å². The van der Waals surface area contributed by atoms with Crippen LogP contribution >= 0.6 is 0 Å². The number of ether oxygens (including phenoxy) is 2. The van der Waals surface area contributed by atoms with Crippen molar-refractivity contribution < 1.29 is 14.3 Å². The van der Waals surface area contributed by atoms with Gasteiger partial charge in [-0.3, -0.25) is 4.79 Å². The third-order valence-corrected chi connectivity index (χ3v) is 5.25. The van der Waals surface area contributed by atoms with Crippen molar-refractivity contribution in [3.63, 3.8) is 0 Å². The quantitative estimate of drug-likeness (QED) is 0.770. The average Bonchev–Trinajstić information content (AvgIpc) is 3.25. The van der Waals surface area contributed by atoms with Gasteiger partial charge in [-0.15, -0.1) is 0 Å². The maximum atomic E-state index is 12.7. The van der Waals surface area contributed by atoms with Gasteiger partial charge in [0.1, 0.15) is 5.56 Å². The van der Waals surface area contributed by atoms with Gasteiger partial charge >= 0.3 is 0 Å². The first kappa shape index (κ1) is 16.1. The number of aromatic nitrogens is 3. The molecule has 1 amide bonds. The summed E-state index contributed by atoms with van der Waals surface area (Å²) < 4.78 is 12.5. The Kier molecular flexibility index (Phi) is 3.56. The lowest BCUT2D eigenvalue weighted by molar-refractivity contribution is 0.0937. The molecule has 1 saturated carbocycles. The first-order valence-electron chi connectivity index (χ1n) is 9.16. The van der Waals surface area contributed by atoms with Gasteiger partial charge in [0.05, 0.1) is 11.9 Å². The van der Waals surface area contributed by atoms with Gasteiger partial charge in [-0.1, -0.05) is 0 Å². The number of rotatable bonds is 4. The number of amides is 1. The summed E-state index contributed by atoms with van der Waals surface area (Å²) in [4.78, 5) is 17.5. The fraction of sp³-hybridized carbons (Fsp3) is 0.350. The highest BCUT2D eigenvalue weighted by Gasteiger charge is 2.30. The number of carbonyl (C=O) groups is 1. The summed E-state index contributed by atoms with van der Waals surface area (Å²) in [5, 5.41) is 7.43. The minimum absolute atomic E-state index is 0.126. The molecule has 138 valence electrons. The lowest BCUT2D eigenvalue weighted by atomic mass is 10.1. The van der Waals surface area contributed by atoms with Crippen LogP contribution in [0.5, 0.6) is 11.5 Å². The van der Waals surface area contributed by atoms with Crippen LogP contribution in [0.2, 0.25) is 0 Å². The van der Waals surface area contributed by atoms with Crippen LogP contribution < -0.4 is 14.8 Å². The average molecular weight is 364 g/mol. The van der Waals surface area contributed by atoms with Gasteiger partial charge in [0.25, 0.3) is 5.91 Å². The zero-order valence-corrected chi connectivity index (χ0v) is 15.2. The van der Waals surface area contributed by atoms with Crippen molar-refractivity contribution in [2.45, 2.75) is 32.7 Å². The standard InChI is InChI=1S/C20H20N4O3/c1-11-7-16(14-5-6-17-18(8-14)27-10-26-17)23-19-15(9-21-24(11)19)20(25)22-12(2)13-3-4-13/h5-9,12-13H,3-4,10H2,1-2H3,(H,22,25)/t12-/m0/s1. The molecule has 2 aliphatic rings. The number of benzene rings is 1. The highest BCUT2D eigenvalue weighted by atomic mass is 16.7. The van der Waals surface area contributed by atoms with Crippen LogP contribution in [0.25, 0.3) is 16.9 Å². The number of hydrogen-bond donors (Lipinski definition) is 1. The Labute approximate surface area is 156 Å². The van der Waals surface area contributed by atoms with Crippen LogP contribution in [-0.2, 0) is 0 Å². The SMILES string of the molecule is Cc1cc(-c2ccc3c(c2)OCO3)nc2c(C(=O)N[C@@H](C)C3CC3)cnn12. The van der Waals surface area contributed by atoms with E-state index in [-0.39, 0.29) is 18.7 Å². The summed E-state index contributed by atoms with van der Waals surface area (Å²) in [6.07, 6.45) is 3.96. The molecule has 0 bridgehead atoms. The minimum atomic E-state index is -0.126. The molecule has 1 aromatic carbocycles. The molecular weight excluding hydrogens is 344 g/mol. The number of nitrogens with zero attached hydrogens (tertiary/aromatic N) is 3. The second-order valence-corrected chi connectivity index (χ2v) is 7.24. The molecule has 7 nitrogen and oxygen atoms in total. The molecule has 2 aromatic heterocycles. The Morgan fingerprint density at radius 2 is 2.07 bits per heavy atom. The van der Waals surface area contributed by atoms with Gasteiger partial charge in [0, 0.05) is 17.3 Å². The van der Waals surface area contributed by atoms with E-state index in [4.69, 9.17) is 14.5 Å². The first-order chi connectivity index (χ1) is 13.1. The largest absolute Gasteiger partial charge is 0.454 e. The lowest BCUT2D eigenvalue weighted by Gasteiger charge is -2.12. The lowest BCUT2D eigenvalue weighted by Crippen LogP contribution is -2.34. The monoisotopic (exact) mass is 364 g/mol. The van der Waals surface area contributed by atoms with Gasteiger partial charge in [-0.2, -0.15) is 5.10 Å². The molecule has 1 aliphatic heterocycles. The Balaban J connectivity index is 1.54. The van der Waals surface area contributed by atoms with E-state index >= 15 is 0 Å². The zero-order valence-electron chi connectivity index (χ0n) is 15.2. The van der Waals surface area contributed by atoms with Gasteiger partial charge in [0.2, 0.25) is 6.79 Å². The van der Waals surface area contributed by atoms with Crippen LogP contribution in [0.3, 0.4) is 0 Å². The summed E-state index contributed by atoms with van der Waals surface area (Å²) in [6, 6.07) is 7.85. The van der Waals surface area contributed by atoms with Crippen molar-refractivity contribution >= 4 is 11.6 Å². The number of carbonyl (C=O) groups excluding carboxylic acids is 1. The Hall–Kier alpha value is -3.09. The molecule has 5 rings (SSSR count). The molecule has 1 aliphatic carbocycles. The fourth-order valence-corrected chi connectivity index (χ4v) is 3.48. The number of aryl methyl sites for hydroxylation is 1. The smallest absolute Gasteiger partial charge is 0.256 e. The third-order valence-electron chi connectivity index (χ3n) is 5.25. The molecule has 0 saturated heterocycles. The van der Waals surface area contributed by atoms with E-state index in [0.717, 1.165) is 22.7 Å². The molecule has 1 N–H and O–H groups in total. The van der Waals surface area contributed by atoms with Gasteiger partial charge < -0.3 is 14.8 Å². The van der Waals surface area contributed by atoms with Gasteiger partial charge in [0.15, 0.2) is 17.1 Å².